The molecule has 0 radical (unpaired) electrons. The molecule has 0 saturated carbocycles. The Labute approximate surface area is 238 Å². The molecule has 0 unspecified atom stereocenters. The molecule has 5 aromatic rings. The van der Waals surface area contributed by atoms with Gasteiger partial charge in [-0.2, -0.15) is 5.10 Å². The summed E-state index contributed by atoms with van der Waals surface area (Å²) in [7, 11) is 0. The molecule has 7 rings (SSSR count). The molecule has 0 bridgehead atoms. The zero-order valence-electron chi connectivity index (χ0n) is 21.9. The number of thioether (sulfide) groups is 2. The van der Waals surface area contributed by atoms with E-state index in [1.54, 1.807) is 0 Å². The Kier molecular flexibility index (Phi) is 5.91. The average molecular weight is 541 g/mol. The molecule has 0 saturated heterocycles. The summed E-state index contributed by atoms with van der Waals surface area (Å²) in [6.07, 6.45) is 0. The third-order valence-electron chi connectivity index (χ3n) is 7.58. The number of hydrazone groups is 1. The molecule has 0 aliphatic carbocycles. The van der Waals surface area contributed by atoms with Crippen molar-refractivity contribution < 1.29 is 0 Å². The highest BCUT2D eigenvalue weighted by molar-refractivity contribution is 8.26. The SMILES string of the molecule is Cc1ccc(C2(c3ccc(C)cc3)S[C@@]3(SC(c4ccccc4)=NN3c3ccccc3)c3ccccc32)cc1. The van der Waals surface area contributed by atoms with Gasteiger partial charge < -0.3 is 0 Å². The van der Waals surface area contributed by atoms with Gasteiger partial charge in [-0.15, -0.1) is 0 Å². The first kappa shape index (κ1) is 24.3. The number of hydrogen-bond acceptors (Lipinski definition) is 4. The van der Waals surface area contributed by atoms with Crippen molar-refractivity contribution in [1.29, 1.82) is 0 Å². The molecule has 0 amide bonds. The predicted molar refractivity (Wildman–Crippen MR) is 167 cm³/mol. The molecule has 0 aromatic heterocycles. The quantitative estimate of drug-likeness (QED) is 0.226. The summed E-state index contributed by atoms with van der Waals surface area (Å²) in [5.74, 6) is 0. The van der Waals surface area contributed by atoms with E-state index in [0.717, 1.165) is 16.3 Å². The number of fused-ring (bicyclic) bond motifs is 2. The van der Waals surface area contributed by atoms with Crippen LogP contribution in [0.5, 0.6) is 0 Å². The highest BCUT2D eigenvalue weighted by Gasteiger charge is 2.61. The first-order valence-electron chi connectivity index (χ1n) is 13.2. The molecule has 0 N–H and O–H groups in total. The lowest BCUT2D eigenvalue weighted by Gasteiger charge is -2.37. The van der Waals surface area contributed by atoms with Crippen molar-refractivity contribution in [3.8, 4) is 0 Å². The number of benzene rings is 5. The van der Waals surface area contributed by atoms with Crippen molar-refractivity contribution in [1.82, 2.24) is 0 Å². The normalized spacial score (nSPS) is 19.2. The predicted octanol–water partition coefficient (Wildman–Crippen LogP) is 9.07. The van der Waals surface area contributed by atoms with Crippen molar-refractivity contribution in [3.05, 3.63) is 172 Å². The fourth-order valence-corrected chi connectivity index (χ4v) is 9.30. The summed E-state index contributed by atoms with van der Waals surface area (Å²) in [5.41, 5.74) is 9.93. The summed E-state index contributed by atoms with van der Waals surface area (Å²) in [4.78, 5) is 0. The van der Waals surface area contributed by atoms with Gasteiger partial charge >= 0.3 is 0 Å². The van der Waals surface area contributed by atoms with Gasteiger partial charge in [0, 0.05) is 11.1 Å². The maximum absolute atomic E-state index is 5.34. The van der Waals surface area contributed by atoms with Crippen molar-refractivity contribution in [3.63, 3.8) is 0 Å². The van der Waals surface area contributed by atoms with Gasteiger partial charge in [0.2, 0.25) is 0 Å². The van der Waals surface area contributed by atoms with Gasteiger partial charge in [-0.25, -0.2) is 5.01 Å². The van der Waals surface area contributed by atoms with Gasteiger partial charge in [0.25, 0.3) is 0 Å². The lowest BCUT2D eigenvalue weighted by molar-refractivity contribution is 0.806. The summed E-state index contributed by atoms with van der Waals surface area (Å²) >= 11 is 3.85. The van der Waals surface area contributed by atoms with Crippen LogP contribution in [-0.4, -0.2) is 5.04 Å². The van der Waals surface area contributed by atoms with Crippen LogP contribution in [0.25, 0.3) is 0 Å². The molecule has 39 heavy (non-hydrogen) atoms. The molecule has 2 nitrogen and oxygen atoms in total. The smallest absolute Gasteiger partial charge is 0.187 e. The fourth-order valence-electron chi connectivity index (χ4n) is 5.63. The molecule has 1 spiro atoms. The molecule has 2 aliphatic heterocycles. The van der Waals surface area contributed by atoms with E-state index < -0.39 is 8.95 Å². The Hall–Kier alpha value is -3.73. The van der Waals surface area contributed by atoms with Gasteiger partial charge in [0.05, 0.1) is 10.4 Å². The van der Waals surface area contributed by atoms with Gasteiger partial charge in [0.15, 0.2) is 4.20 Å². The second kappa shape index (κ2) is 9.48. The number of nitrogens with zero attached hydrogens (tertiary/aromatic N) is 2. The number of aryl methyl sites for hydroxylation is 2. The third kappa shape index (κ3) is 3.85. The lowest BCUT2D eigenvalue weighted by Crippen LogP contribution is -2.33. The van der Waals surface area contributed by atoms with Crippen molar-refractivity contribution in [2.24, 2.45) is 5.10 Å². The van der Waals surface area contributed by atoms with Crippen molar-refractivity contribution in [2.45, 2.75) is 22.8 Å². The number of anilines is 1. The van der Waals surface area contributed by atoms with Crippen LogP contribution in [-0.2, 0) is 8.95 Å². The van der Waals surface area contributed by atoms with Crippen LogP contribution in [0.3, 0.4) is 0 Å². The Morgan fingerprint density at radius 1 is 0.564 bits per heavy atom. The van der Waals surface area contributed by atoms with Crippen LogP contribution in [0.2, 0.25) is 0 Å². The zero-order chi connectivity index (χ0) is 26.5. The third-order valence-corrected chi connectivity index (χ3v) is 10.9. The topological polar surface area (TPSA) is 15.6 Å². The Morgan fingerprint density at radius 3 is 1.67 bits per heavy atom. The standard InChI is InChI=1S/C35H28N2S2/c1-25-17-21-28(22-18-25)34(29-23-19-26(2)20-24-29)31-15-9-10-16-32(31)35(39-34)37(30-13-7-4-8-14-30)36-33(38-35)27-11-5-3-6-12-27/h3-24H,1-2H3/t35-/m0/s1. The van der Waals surface area contributed by atoms with Gasteiger partial charge in [-0.05, 0) is 42.7 Å². The van der Waals surface area contributed by atoms with E-state index >= 15 is 0 Å². The van der Waals surface area contributed by atoms with Crippen LogP contribution in [0.1, 0.15) is 38.9 Å². The van der Waals surface area contributed by atoms with Crippen LogP contribution >= 0.6 is 23.5 Å². The minimum atomic E-state index is -0.487. The largest absolute Gasteiger partial charge is 0.233 e. The van der Waals surface area contributed by atoms with E-state index in [-0.39, 0.29) is 0 Å². The molecular formula is C35H28N2S2. The van der Waals surface area contributed by atoms with Crippen molar-refractivity contribution >= 4 is 34.3 Å². The maximum Gasteiger partial charge on any atom is 0.187 e. The first-order chi connectivity index (χ1) is 19.1. The Morgan fingerprint density at radius 2 is 1.08 bits per heavy atom. The molecular weight excluding hydrogens is 513 g/mol. The van der Waals surface area contributed by atoms with Crippen LogP contribution in [0, 0.1) is 13.8 Å². The summed E-state index contributed by atoms with van der Waals surface area (Å²) < 4.78 is -0.890. The summed E-state index contributed by atoms with van der Waals surface area (Å²) in [6, 6.07) is 48.3. The van der Waals surface area contributed by atoms with E-state index in [4.69, 9.17) is 5.10 Å². The monoisotopic (exact) mass is 540 g/mol. The molecule has 190 valence electrons. The Balaban J connectivity index is 1.50. The van der Waals surface area contributed by atoms with E-state index in [1.807, 2.05) is 23.5 Å². The lowest BCUT2D eigenvalue weighted by atomic mass is 9.81. The van der Waals surface area contributed by atoms with Crippen LogP contribution < -0.4 is 5.01 Å². The van der Waals surface area contributed by atoms with Gasteiger partial charge in [0.1, 0.15) is 5.04 Å². The second-order valence-electron chi connectivity index (χ2n) is 10.2. The van der Waals surface area contributed by atoms with Gasteiger partial charge in [-0.3, -0.25) is 0 Å². The molecule has 2 heterocycles. The van der Waals surface area contributed by atoms with Gasteiger partial charge in [-0.1, -0.05) is 156 Å². The van der Waals surface area contributed by atoms with Crippen LogP contribution in [0.15, 0.2) is 139 Å². The molecule has 0 fully saturated rings. The van der Waals surface area contributed by atoms with E-state index in [2.05, 4.69) is 152 Å². The van der Waals surface area contributed by atoms with E-state index in [1.165, 1.54) is 33.4 Å². The fraction of sp³-hybridized carbons (Fsp3) is 0.114. The van der Waals surface area contributed by atoms with Crippen molar-refractivity contribution in [2.75, 3.05) is 5.01 Å². The summed E-state index contributed by atoms with van der Waals surface area (Å²) in [5, 5.41) is 8.63. The minimum absolute atomic E-state index is 0.403. The van der Waals surface area contributed by atoms with E-state index in [0.29, 0.717) is 0 Å². The molecule has 2 aliphatic rings. The van der Waals surface area contributed by atoms with E-state index in [9.17, 15) is 0 Å². The first-order valence-corrected chi connectivity index (χ1v) is 14.9. The van der Waals surface area contributed by atoms with Crippen LogP contribution in [0.4, 0.5) is 5.69 Å². The highest BCUT2D eigenvalue weighted by Crippen LogP contribution is 2.71. The molecule has 1 atom stereocenters. The minimum Gasteiger partial charge on any atom is -0.233 e. The Bertz CT molecular complexity index is 1620. The highest BCUT2D eigenvalue weighted by atomic mass is 32.2. The number of para-hydroxylation sites is 1. The number of hydrogen-bond donors (Lipinski definition) is 0. The molecule has 4 heteroatoms. The molecule has 5 aromatic carbocycles. The second-order valence-corrected chi connectivity index (χ2v) is 13.0. The zero-order valence-corrected chi connectivity index (χ0v) is 23.5. The average Bonchev–Trinajstić information content (AvgIpc) is 3.52. The maximum atomic E-state index is 5.34. The summed E-state index contributed by atoms with van der Waals surface area (Å²) in [6.45, 7) is 4.31. The number of rotatable bonds is 4.